The number of carbonyl (C=O) groups is 2. The molecule has 166 valence electrons. The van der Waals surface area contributed by atoms with Crippen molar-refractivity contribution in [3.05, 3.63) is 98.2 Å². The van der Waals surface area contributed by atoms with Crippen LogP contribution in [0.5, 0.6) is 5.75 Å². The van der Waals surface area contributed by atoms with Crippen LogP contribution in [0.3, 0.4) is 0 Å². The highest BCUT2D eigenvalue weighted by atomic mass is 79.9. The topological polar surface area (TPSA) is 58.6 Å². The van der Waals surface area contributed by atoms with Crippen LogP contribution in [0.25, 0.3) is 6.08 Å². The molecular weight excluding hydrogens is 575 g/mol. The number of hydrogen-bond acceptors (Lipinski definition) is 4. The van der Waals surface area contributed by atoms with Crippen LogP contribution in [0.1, 0.15) is 11.1 Å². The summed E-state index contributed by atoms with van der Waals surface area (Å²) < 4.78 is 20.2. The van der Waals surface area contributed by atoms with E-state index in [4.69, 9.17) is 17.0 Å². The highest BCUT2D eigenvalue weighted by Gasteiger charge is 2.34. The first-order valence-corrected chi connectivity index (χ1v) is 11.6. The maximum Gasteiger partial charge on any atom is 0.270 e. The lowest BCUT2D eigenvalue weighted by atomic mass is 10.1. The number of nitrogens with zero attached hydrogens (tertiary/aromatic N) is 1. The van der Waals surface area contributed by atoms with Gasteiger partial charge in [0.25, 0.3) is 11.8 Å². The Balaban J connectivity index is 1.56. The van der Waals surface area contributed by atoms with Gasteiger partial charge in [0.2, 0.25) is 0 Å². The molecule has 4 rings (SSSR count). The molecule has 5 nitrogen and oxygen atoms in total. The first kappa shape index (κ1) is 23.3. The smallest absolute Gasteiger partial charge is 0.270 e. The van der Waals surface area contributed by atoms with Gasteiger partial charge in [-0.15, -0.1) is 0 Å². The summed E-state index contributed by atoms with van der Waals surface area (Å²) in [4.78, 5) is 26.9. The van der Waals surface area contributed by atoms with Gasteiger partial charge in [0.15, 0.2) is 5.11 Å². The van der Waals surface area contributed by atoms with E-state index in [1.165, 1.54) is 23.1 Å². The van der Waals surface area contributed by atoms with Crippen LogP contribution in [-0.2, 0) is 16.2 Å². The van der Waals surface area contributed by atoms with E-state index in [2.05, 4.69) is 37.2 Å². The number of rotatable bonds is 5. The van der Waals surface area contributed by atoms with Gasteiger partial charge in [-0.05, 0) is 87.8 Å². The summed E-state index contributed by atoms with van der Waals surface area (Å²) >= 11 is 12.1. The number of thiocarbonyl (C=S) groups is 1. The number of nitrogens with one attached hydrogen (secondary N) is 1. The summed E-state index contributed by atoms with van der Waals surface area (Å²) in [6.45, 7) is 0.263. The molecule has 0 atom stereocenters. The maximum atomic E-state index is 13.1. The molecule has 0 unspecified atom stereocenters. The van der Waals surface area contributed by atoms with Gasteiger partial charge < -0.3 is 4.74 Å². The first-order valence-electron chi connectivity index (χ1n) is 9.65. The van der Waals surface area contributed by atoms with Gasteiger partial charge in [-0.3, -0.25) is 19.8 Å². The Kier molecular flexibility index (Phi) is 7.02. The number of anilines is 1. The molecule has 1 N–H and O–H groups in total. The third kappa shape index (κ3) is 5.38. The number of hydrogen-bond donors (Lipinski definition) is 1. The van der Waals surface area contributed by atoms with E-state index in [0.717, 1.165) is 10.0 Å². The molecule has 1 saturated heterocycles. The van der Waals surface area contributed by atoms with Gasteiger partial charge in [0, 0.05) is 4.47 Å². The SMILES string of the molecule is O=C1NC(=S)N(c2cccc(Br)c2)C(=O)/C1=C/c1ccc(OCc2ccc(F)cc2)c(Br)c1. The summed E-state index contributed by atoms with van der Waals surface area (Å²) in [5.41, 5.74) is 1.94. The van der Waals surface area contributed by atoms with Crippen molar-refractivity contribution in [2.24, 2.45) is 0 Å². The molecule has 3 aromatic carbocycles. The van der Waals surface area contributed by atoms with E-state index < -0.39 is 11.8 Å². The van der Waals surface area contributed by atoms with Crippen molar-refractivity contribution in [1.82, 2.24) is 5.32 Å². The molecule has 1 fully saturated rings. The third-order valence-electron chi connectivity index (χ3n) is 4.74. The number of benzene rings is 3. The second-order valence-corrected chi connectivity index (χ2v) is 9.20. The zero-order chi connectivity index (χ0) is 23.5. The minimum Gasteiger partial charge on any atom is -0.488 e. The number of amides is 2. The van der Waals surface area contributed by atoms with Gasteiger partial charge in [-0.2, -0.15) is 0 Å². The molecular formula is C24H15Br2FN2O3S. The lowest BCUT2D eigenvalue weighted by Gasteiger charge is -2.29. The lowest BCUT2D eigenvalue weighted by Crippen LogP contribution is -2.54. The molecule has 0 aliphatic carbocycles. The summed E-state index contributed by atoms with van der Waals surface area (Å²) in [6, 6.07) is 18.3. The standard InChI is InChI=1S/C24H15Br2FN2O3S/c25-16-2-1-3-18(12-16)29-23(31)19(22(30)28-24(29)33)10-15-6-9-21(20(26)11-15)32-13-14-4-7-17(27)8-5-14/h1-12H,13H2,(H,28,30,33)/b19-10+. The van der Waals surface area contributed by atoms with E-state index in [0.29, 0.717) is 21.5 Å². The van der Waals surface area contributed by atoms with Crippen LogP contribution in [-0.4, -0.2) is 16.9 Å². The third-order valence-corrected chi connectivity index (χ3v) is 6.14. The Morgan fingerprint density at radius 2 is 1.79 bits per heavy atom. The predicted molar refractivity (Wildman–Crippen MR) is 135 cm³/mol. The second kappa shape index (κ2) is 9.94. The van der Waals surface area contributed by atoms with Crippen LogP contribution in [0.4, 0.5) is 10.1 Å². The summed E-state index contributed by atoms with van der Waals surface area (Å²) in [7, 11) is 0. The Bertz CT molecular complexity index is 1300. The summed E-state index contributed by atoms with van der Waals surface area (Å²) in [6.07, 6.45) is 1.50. The first-order chi connectivity index (χ1) is 15.8. The highest BCUT2D eigenvalue weighted by molar-refractivity contribution is 9.10. The fourth-order valence-corrected chi connectivity index (χ4v) is 4.32. The maximum absolute atomic E-state index is 13.1. The Morgan fingerprint density at radius 1 is 1.03 bits per heavy atom. The van der Waals surface area contributed by atoms with E-state index in [-0.39, 0.29) is 23.1 Å². The predicted octanol–water partition coefficient (Wildman–Crippen LogP) is 5.76. The van der Waals surface area contributed by atoms with Crippen molar-refractivity contribution in [1.29, 1.82) is 0 Å². The Labute approximate surface area is 211 Å². The molecule has 33 heavy (non-hydrogen) atoms. The van der Waals surface area contributed by atoms with Crippen LogP contribution >= 0.6 is 44.1 Å². The molecule has 3 aromatic rings. The number of carbonyl (C=O) groups excluding carboxylic acids is 2. The molecule has 0 radical (unpaired) electrons. The van der Waals surface area contributed by atoms with Gasteiger partial charge in [-0.25, -0.2) is 4.39 Å². The normalized spacial score (nSPS) is 15.1. The Hall–Kier alpha value is -2.88. The average Bonchev–Trinajstić information content (AvgIpc) is 2.77. The quantitative estimate of drug-likeness (QED) is 0.233. The number of halogens is 3. The van der Waals surface area contributed by atoms with E-state index in [1.54, 1.807) is 48.5 Å². The fourth-order valence-electron chi connectivity index (χ4n) is 3.14. The monoisotopic (exact) mass is 588 g/mol. The van der Waals surface area contributed by atoms with Crippen molar-refractivity contribution in [2.45, 2.75) is 6.61 Å². The Morgan fingerprint density at radius 3 is 2.48 bits per heavy atom. The lowest BCUT2D eigenvalue weighted by molar-refractivity contribution is -0.122. The second-order valence-electron chi connectivity index (χ2n) is 7.04. The largest absolute Gasteiger partial charge is 0.488 e. The molecule has 0 aromatic heterocycles. The van der Waals surface area contributed by atoms with Gasteiger partial charge in [-0.1, -0.05) is 40.2 Å². The molecule has 1 aliphatic heterocycles. The van der Waals surface area contributed by atoms with Crippen molar-refractivity contribution in [3.63, 3.8) is 0 Å². The van der Waals surface area contributed by atoms with Crippen molar-refractivity contribution < 1.29 is 18.7 Å². The molecule has 0 spiro atoms. The summed E-state index contributed by atoms with van der Waals surface area (Å²) in [5.74, 6) is -0.825. The summed E-state index contributed by atoms with van der Waals surface area (Å²) in [5, 5.41) is 2.59. The van der Waals surface area contributed by atoms with E-state index in [1.807, 2.05) is 6.07 Å². The zero-order valence-corrected chi connectivity index (χ0v) is 20.8. The molecule has 1 heterocycles. The van der Waals surface area contributed by atoms with Crippen LogP contribution < -0.4 is 15.0 Å². The molecule has 2 amide bonds. The molecule has 9 heteroatoms. The molecule has 1 aliphatic rings. The van der Waals surface area contributed by atoms with Gasteiger partial charge in [0.1, 0.15) is 23.7 Å². The van der Waals surface area contributed by atoms with Crippen LogP contribution in [0.15, 0.2) is 81.2 Å². The van der Waals surface area contributed by atoms with E-state index in [9.17, 15) is 14.0 Å². The van der Waals surface area contributed by atoms with E-state index >= 15 is 0 Å². The van der Waals surface area contributed by atoms with Crippen LogP contribution in [0.2, 0.25) is 0 Å². The molecule has 0 bridgehead atoms. The minimum absolute atomic E-state index is 0.0194. The van der Waals surface area contributed by atoms with Gasteiger partial charge >= 0.3 is 0 Å². The minimum atomic E-state index is -0.566. The number of ether oxygens (including phenoxy) is 1. The fraction of sp³-hybridized carbons (Fsp3) is 0.0417. The van der Waals surface area contributed by atoms with Crippen molar-refractivity contribution in [3.8, 4) is 5.75 Å². The van der Waals surface area contributed by atoms with Gasteiger partial charge in [0.05, 0.1) is 10.2 Å². The zero-order valence-electron chi connectivity index (χ0n) is 16.8. The highest BCUT2D eigenvalue weighted by Crippen LogP contribution is 2.29. The van der Waals surface area contributed by atoms with Crippen LogP contribution in [0, 0.1) is 5.82 Å². The average molecular weight is 590 g/mol. The van der Waals surface area contributed by atoms with Crippen molar-refractivity contribution in [2.75, 3.05) is 4.90 Å². The van der Waals surface area contributed by atoms with Crippen molar-refractivity contribution >= 4 is 72.8 Å². The molecule has 0 saturated carbocycles.